The third-order valence-electron chi connectivity index (χ3n) is 1.84. The highest BCUT2D eigenvalue weighted by Gasteiger charge is 2.38. The van der Waals surface area contributed by atoms with Crippen LogP contribution < -0.4 is 4.74 Å². The third kappa shape index (κ3) is 4.08. The summed E-state index contributed by atoms with van der Waals surface area (Å²) in [6.07, 6.45) is -10.3. The number of nitrogens with zero attached hydrogens (tertiary/aromatic N) is 1. The molecule has 0 fully saturated rings. The van der Waals surface area contributed by atoms with Gasteiger partial charge in [-0.1, -0.05) is 15.9 Å². The van der Waals surface area contributed by atoms with Gasteiger partial charge in [-0.15, -0.1) is 13.2 Å². The van der Waals surface area contributed by atoms with E-state index in [1.165, 1.54) is 0 Å². The van der Waals surface area contributed by atoms with Gasteiger partial charge in [0.05, 0.1) is 0 Å². The van der Waals surface area contributed by atoms with Crippen LogP contribution >= 0.6 is 15.9 Å². The van der Waals surface area contributed by atoms with Gasteiger partial charge < -0.3 is 4.74 Å². The van der Waals surface area contributed by atoms with Gasteiger partial charge in [0.25, 0.3) is 0 Å². The lowest BCUT2D eigenvalue weighted by atomic mass is 10.2. The lowest BCUT2D eigenvalue weighted by Crippen LogP contribution is -2.20. The number of hydrogen-bond donors (Lipinski definition) is 0. The zero-order valence-electron chi connectivity index (χ0n) is 8.77. The summed E-state index contributed by atoms with van der Waals surface area (Å²) in [6.45, 7) is 0. The van der Waals surface area contributed by atoms with E-state index in [0.717, 1.165) is 0 Å². The van der Waals surface area contributed by atoms with Gasteiger partial charge in [-0.25, -0.2) is 4.98 Å². The standard InChI is InChI=1S/C9H4BrF6NO2/c10-2-4-1-6(19-9(14,15)16)5(3-18)17-7(4)8(11,12)13/h1,3H,2H2. The Balaban J connectivity index is 3.40. The Morgan fingerprint density at radius 1 is 1.26 bits per heavy atom. The second-order valence-electron chi connectivity index (χ2n) is 3.18. The molecule has 0 saturated carbocycles. The Bertz CT molecular complexity index is 485. The summed E-state index contributed by atoms with van der Waals surface area (Å²) in [7, 11) is 0. The molecule has 0 amide bonds. The van der Waals surface area contributed by atoms with Crippen molar-refractivity contribution in [3.63, 3.8) is 0 Å². The Morgan fingerprint density at radius 3 is 2.21 bits per heavy atom. The van der Waals surface area contributed by atoms with Crippen molar-refractivity contribution in [3.05, 3.63) is 23.0 Å². The largest absolute Gasteiger partial charge is 0.573 e. The molecule has 0 atom stereocenters. The minimum atomic E-state index is -5.14. The van der Waals surface area contributed by atoms with E-state index in [1.807, 2.05) is 0 Å². The average molecular weight is 352 g/mol. The first kappa shape index (κ1) is 15.7. The van der Waals surface area contributed by atoms with Crippen LogP contribution in [-0.4, -0.2) is 17.6 Å². The number of rotatable bonds is 3. The molecule has 0 aliphatic carbocycles. The van der Waals surface area contributed by atoms with Crippen molar-refractivity contribution in [2.45, 2.75) is 17.9 Å². The van der Waals surface area contributed by atoms with Gasteiger partial charge >= 0.3 is 12.5 Å². The number of alkyl halides is 7. The molecular formula is C9H4BrF6NO2. The van der Waals surface area contributed by atoms with Gasteiger partial charge in [-0.3, -0.25) is 4.79 Å². The van der Waals surface area contributed by atoms with Crippen molar-refractivity contribution in [2.24, 2.45) is 0 Å². The molecule has 1 heterocycles. The number of halogens is 7. The normalized spacial score (nSPS) is 12.4. The van der Waals surface area contributed by atoms with E-state index in [9.17, 15) is 31.1 Å². The second kappa shape index (κ2) is 5.35. The number of aromatic nitrogens is 1. The molecule has 106 valence electrons. The van der Waals surface area contributed by atoms with E-state index >= 15 is 0 Å². The zero-order chi connectivity index (χ0) is 14.8. The average Bonchev–Trinajstić information content (AvgIpc) is 2.24. The van der Waals surface area contributed by atoms with E-state index in [2.05, 4.69) is 25.7 Å². The lowest BCUT2D eigenvalue weighted by Gasteiger charge is -2.15. The van der Waals surface area contributed by atoms with Crippen LogP contribution in [0.1, 0.15) is 21.7 Å². The molecule has 0 saturated heterocycles. The van der Waals surface area contributed by atoms with Crippen molar-refractivity contribution < 1.29 is 35.9 Å². The van der Waals surface area contributed by atoms with E-state index in [0.29, 0.717) is 6.07 Å². The zero-order valence-corrected chi connectivity index (χ0v) is 10.4. The molecule has 0 spiro atoms. The molecule has 0 aliphatic rings. The maximum absolute atomic E-state index is 12.6. The Morgan fingerprint density at radius 2 is 1.84 bits per heavy atom. The van der Waals surface area contributed by atoms with Gasteiger partial charge in [0.15, 0.2) is 12.0 Å². The van der Waals surface area contributed by atoms with Gasteiger partial charge in [0.2, 0.25) is 0 Å². The smallest absolute Gasteiger partial charge is 0.403 e. The van der Waals surface area contributed by atoms with Crippen LogP contribution in [0.25, 0.3) is 0 Å². The molecule has 0 radical (unpaired) electrons. The number of pyridine rings is 1. The third-order valence-corrected chi connectivity index (χ3v) is 2.45. The van der Waals surface area contributed by atoms with Gasteiger partial charge in [0.1, 0.15) is 11.4 Å². The Hall–Kier alpha value is -1.32. The molecule has 3 nitrogen and oxygen atoms in total. The van der Waals surface area contributed by atoms with E-state index in [4.69, 9.17) is 0 Å². The molecule has 1 aromatic heterocycles. The number of carbonyl (C=O) groups is 1. The highest BCUT2D eigenvalue weighted by Crippen LogP contribution is 2.35. The van der Waals surface area contributed by atoms with Crippen LogP contribution in [0.4, 0.5) is 26.3 Å². The van der Waals surface area contributed by atoms with Crippen molar-refractivity contribution in [1.29, 1.82) is 0 Å². The van der Waals surface area contributed by atoms with Crippen LogP contribution in [0.5, 0.6) is 5.75 Å². The highest BCUT2D eigenvalue weighted by molar-refractivity contribution is 9.08. The predicted octanol–water partition coefficient (Wildman–Crippen LogP) is 3.71. The van der Waals surface area contributed by atoms with Crippen LogP contribution in [0.3, 0.4) is 0 Å². The number of hydrogen-bond acceptors (Lipinski definition) is 3. The minimum absolute atomic E-state index is 0.242. The molecular weight excluding hydrogens is 348 g/mol. The maximum atomic E-state index is 12.6. The van der Waals surface area contributed by atoms with Crippen LogP contribution in [0.15, 0.2) is 6.07 Å². The highest BCUT2D eigenvalue weighted by atomic mass is 79.9. The van der Waals surface area contributed by atoms with Crippen LogP contribution in [0.2, 0.25) is 0 Å². The first-order valence-corrected chi connectivity index (χ1v) is 5.58. The van der Waals surface area contributed by atoms with Gasteiger partial charge in [-0.05, 0) is 11.6 Å². The number of carbonyl (C=O) groups excluding carboxylic acids is 1. The quantitative estimate of drug-likeness (QED) is 0.473. The summed E-state index contributed by atoms with van der Waals surface area (Å²) in [5.74, 6) is -1.08. The van der Waals surface area contributed by atoms with E-state index < -0.39 is 40.6 Å². The second-order valence-corrected chi connectivity index (χ2v) is 3.74. The number of ether oxygens (including phenoxy) is 1. The monoisotopic (exact) mass is 351 g/mol. The summed E-state index contributed by atoms with van der Waals surface area (Å²) < 4.78 is 77.2. The fraction of sp³-hybridized carbons (Fsp3) is 0.333. The van der Waals surface area contributed by atoms with Crippen LogP contribution in [0, 0.1) is 0 Å². The summed E-state index contributed by atoms with van der Waals surface area (Å²) in [4.78, 5) is 13.4. The fourth-order valence-electron chi connectivity index (χ4n) is 1.19. The van der Waals surface area contributed by atoms with E-state index in [1.54, 1.807) is 0 Å². The summed E-state index contributed by atoms with van der Waals surface area (Å²) in [6, 6.07) is 0.474. The fourth-order valence-corrected chi connectivity index (χ4v) is 1.61. The molecule has 10 heteroatoms. The first-order valence-electron chi connectivity index (χ1n) is 4.46. The molecule has 0 N–H and O–H groups in total. The Labute approximate surface area is 110 Å². The molecule has 19 heavy (non-hydrogen) atoms. The van der Waals surface area contributed by atoms with Gasteiger partial charge in [-0.2, -0.15) is 13.2 Å². The number of aldehydes is 1. The van der Waals surface area contributed by atoms with Gasteiger partial charge in [0, 0.05) is 5.33 Å². The molecule has 0 unspecified atom stereocenters. The summed E-state index contributed by atoms with van der Waals surface area (Å²) >= 11 is 2.70. The topological polar surface area (TPSA) is 39.2 Å². The minimum Gasteiger partial charge on any atom is -0.403 e. The van der Waals surface area contributed by atoms with Crippen molar-refractivity contribution in [3.8, 4) is 5.75 Å². The summed E-state index contributed by atoms with van der Waals surface area (Å²) in [5, 5.41) is -0.401. The van der Waals surface area contributed by atoms with Crippen molar-refractivity contribution >= 4 is 22.2 Å². The first-order chi connectivity index (χ1) is 8.58. The molecule has 0 aliphatic heterocycles. The van der Waals surface area contributed by atoms with E-state index in [-0.39, 0.29) is 6.29 Å². The van der Waals surface area contributed by atoms with Crippen LogP contribution in [-0.2, 0) is 11.5 Å². The molecule has 1 rings (SSSR count). The van der Waals surface area contributed by atoms with Crippen molar-refractivity contribution in [2.75, 3.05) is 0 Å². The van der Waals surface area contributed by atoms with Crippen molar-refractivity contribution in [1.82, 2.24) is 4.98 Å². The predicted molar refractivity (Wildman–Crippen MR) is 53.9 cm³/mol. The lowest BCUT2D eigenvalue weighted by molar-refractivity contribution is -0.274. The SMILES string of the molecule is O=Cc1nc(C(F)(F)F)c(CBr)cc1OC(F)(F)F. The molecule has 0 aromatic carbocycles. The molecule has 0 bridgehead atoms. The maximum Gasteiger partial charge on any atom is 0.573 e. The summed E-state index contributed by atoms with van der Waals surface area (Å²) in [5.41, 5.74) is -3.09. The Kier molecular flexibility index (Phi) is 4.43. The molecule has 1 aromatic rings.